The molecule has 0 fully saturated rings. The number of carbonyl (C=O) groups is 1. The summed E-state index contributed by atoms with van der Waals surface area (Å²) < 4.78 is 11.4. The van der Waals surface area contributed by atoms with E-state index in [1.54, 1.807) is 7.05 Å². The summed E-state index contributed by atoms with van der Waals surface area (Å²) in [6.45, 7) is 3.07. The summed E-state index contributed by atoms with van der Waals surface area (Å²) in [6, 6.07) is 12.7. The van der Waals surface area contributed by atoms with Gasteiger partial charge in [-0.2, -0.15) is 0 Å². The quantitative estimate of drug-likeness (QED) is 0.484. The molecular formula is C23H29ClN2O3. The van der Waals surface area contributed by atoms with Crippen LogP contribution < -0.4 is 15.4 Å². The molecule has 5 nitrogen and oxygen atoms in total. The van der Waals surface area contributed by atoms with Crippen molar-refractivity contribution in [3.8, 4) is 5.75 Å². The van der Waals surface area contributed by atoms with Gasteiger partial charge in [-0.3, -0.25) is 10.1 Å². The van der Waals surface area contributed by atoms with E-state index in [-0.39, 0.29) is 12.5 Å². The van der Waals surface area contributed by atoms with Gasteiger partial charge in [0, 0.05) is 23.7 Å². The van der Waals surface area contributed by atoms with Gasteiger partial charge in [0.1, 0.15) is 19.0 Å². The van der Waals surface area contributed by atoms with Crippen molar-refractivity contribution in [3.63, 3.8) is 0 Å². The van der Waals surface area contributed by atoms with Gasteiger partial charge in [0.2, 0.25) is 5.91 Å². The highest BCUT2D eigenvalue weighted by Crippen LogP contribution is 2.27. The maximum atomic E-state index is 11.2. The Labute approximate surface area is 177 Å². The molecule has 2 N–H and O–H groups in total. The van der Waals surface area contributed by atoms with Gasteiger partial charge in [-0.15, -0.1) is 0 Å². The summed E-state index contributed by atoms with van der Waals surface area (Å²) in [7, 11) is 1.60. The minimum atomic E-state index is -0.115. The first-order chi connectivity index (χ1) is 14.1. The van der Waals surface area contributed by atoms with Gasteiger partial charge in [0.15, 0.2) is 0 Å². The summed E-state index contributed by atoms with van der Waals surface area (Å²) in [6.07, 6.45) is 3.91. The molecule has 156 valence electrons. The molecule has 0 saturated carbocycles. The standard InChI is InChI=1S/C23H29ClN2O3/c1-3-16-5-4-6-22(24)21(16)13-29-20-10-8-17-11-19(9-7-18(17)12-20)26-15-28-14-23(27)25-2/h4-6,8,10,12,19,26H,3,7,9,11,13-15H2,1-2H3,(H,25,27). The first-order valence-electron chi connectivity index (χ1n) is 10.1. The molecule has 6 heteroatoms. The maximum Gasteiger partial charge on any atom is 0.245 e. The van der Waals surface area contributed by atoms with Crippen molar-refractivity contribution in [2.24, 2.45) is 0 Å². The lowest BCUT2D eigenvalue weighted by atomic mass is 9.88. The van der Waals surface area contributed by atoms with Gasteiger partial charge >= 0.3 is 0 Å². The molecule has 3 rings (SSSR count). The van der Waals surface area contributed by atoms with Crippen LogP contribution in [0.3, 0.4) is 0 Å². The third kappa shape index (κ3) is 5.95. The number of halogens is 1. The Kier molecular flexibility index (Phi) is 7.92. The number of aryl methyl sites for hydroxylation is 2. The monoisotopic (exact) mass is 416 g/mol. The SMILES string of the molecule is CCc1cccc(Cl)c1COc1ccc2c(c1)CCC(NCOCC(=O)NC)C2. The van der Waals surface area contributed by atoms with E-state index >= 15 is 0 Å². The molecule has 0 aromatic heterocycles. The van der Waals surface area contributed by atoms with Gasteiger partial charge < -0.3 is 14.8 Å². The number of carbonyl (C=O) groups excluding carboxylic acids is 1. The fraction of sp³-hybridized carbons (Fsp3) is 0.435. The predicted molar refractivity (Wildman–Crippen MR) is 115 cm³/mol. The van der Waals surface area contributed by atoms with E-state index in [0.717, 1.165) is 42.0 Å². The molecule has 0 heterocycles. The zero-order chi connectivity index (χ0) is 20.6. The van der Waals surface area contributed by atoms with E-state index in [4.69, 9.17) is 21.1 Å². The van der Waals surface area contributed by atoms with Crippen molar-refractivity contribution in [1.29, 1.82) is 0 Å². The van der Waals surface area contributed by atoms with Crippen LogP contribution in [0, 0.1) is 0 Å². The minimum absolute atomic E-state index is 0.0820. The van der Waals surface area contributed by atoms with E-state index < -0.39 is 0 Å². The summed E-state index contributed by atoms with van der Waals surface area (Å²) >= 11 is 6.36. The molecular weight excluding hydrogens is 388 g/mol. The molecule has 1 atom stereocenters. The van der Waals surface area contributed by atoms with E-state index in [1.165, 1.54) is 16.7 Å². The molecule has 0 bridgehead atoms. The second kappa shape index (κ2) is 10.6. The first-order valence-corrected chi connectivity index (χ1v) is 10.5. The topological polar surface area (TPSA) is 59.6 Å². The van der Waals surface area contributed by atoms with Gasteiger partial charge in [-0.05, 0) is 60.6 Å². The lowest BCUT2D eigenvalue weighted by Gasteiger charge is -2.26. The maximum absolute atomic E-state index is 11.2. The highest BCUT2D eigenvalue weighted by Gasteiger charge is 2.19. The van der Waals surface area contributed by atoms with Crippen LogP contribution in [0.25, 0.3) is 0 Å². The average molecular weight is 417 g/mol. The Bertz CT molecular complexity index is 841. The first kappa shape index (κ1) is 21.6. The molecule has 29 heavy (non-hydrogen) atoms. The fourth-order valence-corrected chi connectivity index (χ4v) is 3.89. The van der Waals surface area contributed by atoms with Crippen LogP contribution in [0.4, 0.5) is 0 Å². The Morgan fingerprint density at radius 1 is 1.24 bits per heavy atom. The lowest BCUT2D eigenvalue weighted by molar-refractivity contribution is -0.125. The number of hydrogen-bond donors (Lipinski definition) is 2. The van der Waals surface area contributed by atoms with Crippen molar-refractivity contribution >= 4 is 17.5 Å². The van der Waals surface area contributed by atoms with Crippen molar-refractivity contribution in [2.75, 3.05) is 20.4 Å². The van der Waals surface area contributed by atoms with Crippen molar-refractivity contribution in [2.45, 2.75) is 45.3 Å². The molecule has 1 aliphatic rings. The van der Waals surface area contributed by atoms with Gasteiger partial charge in [-0.1, -0.05) is 36.7 Å². The molecule has 0 aliphatic heterocycles. The van der Waals surface area contributed by atoms with E-state index in [0.29, 0.717) is 19.4 Å². The number of rotatable bonds is 9. The summed E-state index contributed by atoms with van der Waals surface area (Å²) in [4.78, 5) is 11.2. The molecule has 0 spiro atoms. The van der Waals surface area contributed by atoms with E-state index in [2.05, 4.69) is 35.8 Å². The Morgan fingerprint density at radius 2 is 2.10 bits per heavy atom. The van der Waals surface area contributed by atoms with E-state index in [9.17, 15) is 4.79 Å². The summed E-state index contributed by atoms with van der Waals surface area (Å²) in [5.41, 5.74) is 4.96. The van der Waals surface area contributed by atoms with Gasteiger partial charge in [0.25, 0.3) is 0 Å². The number of ether oxygens (including phenoxy) is 2. The molecule has 1 amide bonds. The smallest absolute Gasteiger partial charge is 0.245 e. The van der Waals surface area contributed by atoms with Crippen molar-refractivity contribution in [3.05, 3.63) is 63.7 Å². The molecule has 0 radical (unpaired) electrons. The highest BCUT2D eigenvalue weighted by atomic mass is 35.5. The van der Waals surface area contributed by atoms with Crippen LogP contribution in [0.15, 0.2) is 36.4 Å². The van der Waals surface area contributed by atoms with Gasteiger partial charge in [-0.25, -0.2) is 0 Å². The number of fused-ring (bicyclic) bond motifs is 1. The fourth-order valence-electron chi connectivity index (χ4n) is 3.64. The van der Waals surface area contributed by atoms with E-state index in [1.807, 2.05) is 18.2 Å². The number of nitrogens with one attached hydrogen (secondary N) is 2. The molecule has 0 saturated heterocycles. The lowest BCUT2D eigenvalue weighted by Crippen LogP contribution is -2.37. The largest absolute Gasteiger partial charge is 0.489 e. The highest BCUT2D eigenvalue weighted by molar-refractivity contribution is 6.31. The predicted octanol–water partition coefficient (Wildman–Crippen LogP) is 3.65. The van der Waals surface area contributed by atoms with Gasteiger partial charge in [0.05, 0.1) is 6.73 Å². The Balaban J connectivity index is 1.53. The number of amides is 1. The van der Waals surface area contributed by atoms with Crippen LogP contribution in [-0.4, -0.2) is 32.3 Å². The minimum Gasteiger partial charge on any atom is -0.489 e. The zero-order valence-corrected chi connectivity index (χ0v) is 17.8. The second-order valence-corrected chi connectivity index (χ2v) is 7.67. The molecule has 2 aromatic rings. The Morgan fingerprint density at radius 3 is 2.90 bits per heavy atom. The molecule has 1 unspecified atom stereocenters. The third-order valence-electron chi connectivity index (χ3n) is 5.37. The zero-order valence-electron chi connectivity index (χ0n) is 17.1. The number of hydrogen-bond acceptors (Lipinski definition) is 4. The normalized spacial score (nSPS) is 15.6. The molecule has 2 aromatic carbocycles. The van der Waals surface area contributed by atoms with Crippen LogP contribution in [0.1, 0.15) is 35.6 Å². The summed E-state index contributed by atoms with van der Waals surface area (Å²) in [5.74, 6) is 0.766. The van der Waals surface area contributed by atoms with Crippen LogP contribution in [0.2, 0.25) is 5.02 Å². The van der Waals surface area contributed by atoms with Crippen molar-refractivity contribution in [1.82, 2.24) is 10.6 Å². The number of likely N-dealkylation sites (N-methyl/N-ethyl adjacent to an activating group) is 1. The van der Waals surface area contributed by atoms with Crippen molar-refractivity contribution < 1.29 is 14.3 Å². The molecule has 1 aliphatic carbocycles. The van der Waals surface area contributed by atoms with Crippen LogP contribution in [-0.2, 0) is 35.4 Å². The van der Waals surface area contributed by atoms with Crippen LogP contribution >= 0.6 is 11.6 Å². The third-order valence-corrected chi connectivity index (χ3v) is 5.73. The van der Waals surface area contributed by atoms with Crippen LogP contribution in [0.5, 0.6) is 5.75 Å². The average Bonchev–Trinajstić information content (AvgIpc) is 2.75. The number of benzene rings is 2. The Hall–Kier alpha value is -2.08. The second-order valence-electron chi connectivity index (χ2n) is 7.26. The summed E-state index contributed by atoms with van der Waals surface area (Å²) in [5, 5.41) is 6.67.